The molecular formula is C9H12N2O2S. The Hall–Kier alpha value is -1.23. The van der Waals surface area contributed by atoms with E-state index in [4.69, 9.17) is 0 Å². The maximum Gasteiger partial charge on any atom is 0.227 e. The van der Waals surface area contributed by atoms with Gasteiger partial charge in [-0.2, -0.15) is 0 Å². The highest BCUT2D eigenvalue weighted by atomic mass is 32.1. The minimum absolute atomic E-state index is 0.0512. The molecule has 0 bridgehead atoms. The van der Waals surface area contributed by atoms with Crippen LogP contribution in [0.15, 0.2) is 6.20 Å². The number of nitrogens with zero attached hydrogens (tertiary/aromatic N) is 1. The fourth-order valence-corrected chi connectivity index (χ4v) is 1.67. The molecule has 0 unspecified atom stereocenters. The first-order valence-corrected chi connectivity index (χ1v) is 5.07. The lowest BCUT2D eigenvalue weighted by atomic mass is 10.3. The number of aromatic nitrogens is 1. The Balaban J connectivity index is 2.34. The van der Waals surface area contributed by atoms with E-state index in [2.05, 4.69) is 10.3 Å². The summed E-state index contributed by atoms with van der Waals surface area (Å²) in [4.78, 5) is 26.9. The molecule has 76 valence electrons. The number of Topliss-reactive ketones (excluding diaryl/α,β-unsaturated/α-hetero) is 1. The monoisotopic (exact) mass is 212 g/mol. The molecule has 0 fully saturated rings. The van der Waals surface area contributed by atoms with Gasteiger partial charge in [0.15, 0.2) is 0 Å². The largest absolute Gasteiger partial charge is 0.349 e. The van der Waals surface area contributed by atoms with Gasteiger partial charge in [-0.15, -0.1) is 11.3 Å². The first-order chi connectivity index (χ1) is 6.58. The number of hydrogen-bond donors (Lipinski definition) is 1. The summed E-state index contributed by atoms with van der Waals surface area (Å²) in [6.07, 6.45) is 1.71. The van der Waals surface area contributed by atoms with Gasteiger partial charge >= 0.3 is 0 Å². The normalized spacial score (nSPS) is 9.86. The molecule has 1 aromatic rings. The van der Waals surface area contributed by atoms with Crippen molar-refractivity contribution >= 4 is 23.0 Å². The van der Waals surface area contributed by atoms with Crippen molar-refractivity contribution in [3.63, 3.8) is 0 Å². The average Bonchev–Trinajstić information content (AvgIpc) is 2.47. The molecule has 0 saturated carbocycles. The second-order valence-electron chi connectivity index (χ2n) is 3.02. The van der Waals surface area contributed by atoms with Crippen molar-refractivity contribution < 1.29 is 9.59 Å². The van der Waals surface area contributed by atoms with Crippen molar-refractivity contribution in [3.05, 3.63) is 16.1 Å². The predicted molar refractivity (Wildman–Crippen MR) is 54.0 cm³/mol. The van der Waals surface area contributed by atoms with Crippen LogP contribution in [-0.2, 0) is 16.1 Å². The molecular weight excluding hydrogens is 200 g/mol. The number of amides is 1. The molecule has 0 aliphatic carbocycles. The molecule has 1 amide bonds. The number of hydrogen-bond acceptors (Lipinski definition) is 4. The lowest BCUT2D eigenvalue weighted by Gasteiger charge is -1.99. The van der Waals surface area contributed by atoms with Gasteiger partial charge in [-0.05, 0) is 13.8 Å². The summed E-state index contributed by atoms with van der Waals surface area (Å²) in [5.41, 5.74) is 0. The van der Waals surface area contributed by atoms with E-state index in [1.807, 2.05) is 6.92 Å². The minimum Gasteiger partial charge on any atom is -0.349 e. The summed E-state index contributed by atoms with van der Waals surface area (Å²) < 4.78 is 0. The van der Waals surface area contributed by atoms with Crippen LogP contribution in [0.1, 0.15) is 23.2 Å². The zero-order chi connectivity index (χ0) is 10.6. The molecule has 0 radical (unpaired) electrons. The van der Waals surface area contributed by atoms with Gasteiger partial charge in [0.2, 0.25) is 5.91 Å². The molecule has 1 rings (SSSR count). The third kappa shape index (κ3) is 3.66. The summed E-state index contributed by atoms with van der Waals surface area (Å²) >= 11 is 1.54. The van der Waals surface area contributed by atoms with E-state index < -0.39 is 0 Å². The van der Waals surface area contributed by atoms with Gasteiger partial charge in [-0.3, -0.25) is 9.59 Å². The van der Waals surface area contributed by atoms with Gasteiger partial charge in [0.05, 0.1) is 13.0 Å². The number of carbonyl (C=O) groups is 2. The standard InChI is InChI=1S/C9H12N2O2S/c1-6(12)3-8(13)10-5-9-11-4-7(2)14-9/h4H,3,5H2,1-2H3,(H,10,13). The van der Waals surface area contributed by atoms with Crippen molar-refractivity contribution in [2.45, 2.75) is 26.8 Å². The number of aryl methyl sites for hydroxylation is 1. The summed E-state index contributed by atoms with van der Waals surface area (Å²) in [7, 11) is 0. The molecule has 1 aromatic heterocycles. The van der Waals surface area contributed by atoms with Crippen LogP contribution >= 0.6 is 11.3 Å². The second kappa shape index (κ2) is 4.85. The van der Waals surface area contributed by atoms with Crippen LogP contribution in [0.4, 0.5) is 0 Å². The number of carbonyl (C=O) groups excluding carboxylic acids is 2. The number of thiazole rings is 1. The maximum atomic E-state index is 11.1. The SMILES string of the molecule is CC(=O)CC(=O)NCc1ncc(C)s1. The van der Waals surface area contributed by atoms with Crippen LogP contribution in [0.3, 0.4) is 0 Å². The van der Waals surface area contributed by atoms with Crippen LogP contribution in [0.2, 0.25) is 0 Å². The molecule has 0 atom stereocenters. The minimum atomic E-state index is -0.245. The summed E-state index contributed by atoms with van der Waals surface area (Å²) in [5, 5.41) is 3.49. The quantitative estimate of drug-likeness (QED) is 0.759. The van der Waals surface area contributed by atoms with E-state index in [1.54, 1.807) is 6.20 Å². The molecule has 0 aromatic carbocycles. The second-order valence-corrected chi connectivity index (χ2v) is 4.34. The highest BCUT2D eigenvalue weighted by Crippen LogP contribution is 2.10. The molecule has 14 heavy (non-hydrogen) atoms. The first kappa shape index (κ1) is 10.8. The number of ketones is 1. The van der Waals surface area contributed by atoms with Gasteiger partial charge in [-0.1, -0.05) is 0 Å². The highest BCUT2D eigenvalue weighted by Gasteiger charge is 2.05. The van der Waals surface area contributed by atoms with E-state index in [9.17, 15) is 9.59 Å². The van der Waals surface area contributed by atoms with E-state index in [0.717, 1.165) is 9.88 Å². The highest BCUT2D eigenvalue weighted by molar-refractivity contribution is 7.11. The fraction of sp³-hybridized carbons (Fsp3) is 0.444. The Bertz CT molecular complexity index is 346. The summed E-state index contributed by atoms with van der Waals surface area (Å²) in [5.74, 6) is -0.372. The smallest absolute Gasteiger partial charge is 0.227 e. The van der Waals surface area contributed by atoms with Crippen molar-refractivity contribution in [1.29, 1.82) is 0 Å². The molecule has 0 aliphatic heterocycles. The van der Waals surface area contributed by atoms with Gasteiger partial charge in [0, 0.05) is 11.1 Å². The van der Waals surface area contributed by atoms with Crippen molar-refractivity contribution in [3.8, 4) is 0 Å². The average molecular weight is 212 g/mol. The molecule has 0 spiro atoms. The topological polar surface area (TPSA) is 59.1 Å². The molecule has 1 N–H and O–H groups in total. The number of nitrogens with one attached hydrogen (secondary N) is 1. The molecule has 0 aliphatic rings. The van der Waals surface area contributed by atoms with Crippen molar-refractivity contribution in [1.82, 2.24) is 10.3 Å². The Morgan fingerprint density at radius 3 is 2.79 bits per heavy atom. The van der Waals surface area contributed by atoms with Crippen LogP contribution in [0.25, 0.3) is 0 Å². The Morgan fingerprint density at radius 2 is 2.29 bits per heavy atom. The zero-order valence-electron chi connectivity index (χ0n) is 8.16. The molecule has 5 heteroatoms. The summed E-state index contributed by atoms with van der Waals surface area (Å²) in [6.45, 7) is 3.76. The van der Waals surface area contributed by atoms with Crippen LogP contribution in [-0.4, -0.2) is 16.7 Å². The fourth-order valence-electron chi connectivity index (χ4n) is 0.946. The molecule has 4 nitrogen and oxygen atoms in total. The lowest BCUT2D eigenvalue weighted by molar-refractivity contribution is -0.127. The Morgan fingerprint density at radius 1 is 1.57 bits per heavy atom. The molecule has 0 saturated heterocycles. The first-order valence-electron chi connectivity index (χ1n) is 4.25. The third-order valence-corrected chi connectivity index (χ3v) is 2.43. The maximum absolute atomic E-state index is 11.1. The Kier molecular flexibility index (Phi) is 3.76. The van der Waals surface area contributed by atoms with Crippen LogP contribution in [0, 0.1) is 6.92 Å². The van der Waals surface area contributed by atoms with E-state index in [-0.39, 0.29) is 18.1 Å². The van der Waals surface area contributed by atoms with Crippen molar-refractivity contribution in [2.24, 2.45) is 0 Å². The molecule has 1 heterocycles. The lowest BCUT2D eigenvalue weighted by Crippen LogP contribution is -2.24. The van der Waals surface area contributed by atoms with E-state index in [0.29, 0.717) is 6.54 Å². The summed E-state index contributed by atoms with van der Waals surface area (Å²) in [6, 6.07) is 0. The van der Waals surface area contributed by atoms with Gasteiger partial charge in [0.25, 0.3) is 0 Å². The third-order valence-electron chi connectivity index (χ3n) is 1.52. The predicted octanol–water partition coefficient (Wildman–Crippen LogP) is 1.05. The van der Waals surface area contributed by atoms with E-state index >= 15 is 0 Å². The van der Waals surface area contributed by atoms with Crippen molar-refractivity contribution in [2.75, 3.05) is 0 Å². The number of rotatable bonds is 4. The van der Waals surface area contributed by atoms with E-state index in [1.165, 1.54) is 18.3 Å². The van der Waals surface area contributed by atoms with Gasteiger partial charge in [0.1, 0.15) is 10.8 Å². The van der Waals surface area contributed by atoms with Gasteiger partial charge in [-0.25, -0.2) is 4.98 Å². The Labute approximate surface area is 86.4 Å². The van der Waals surface area contributed by atoms with Crippen LogP contribution in [0.5, 0.6) is 0 Å². The zero-order valence-corrected chi connectivity index (χ0v) is 8.98. The van der Waals surface area contributed by atoms with Crippen LogP contribution < -0.4 is 5.32 Å². The van der Waals surface area contributed by atoms with Gasteiger partial charge < -0.3 is 5.32 Å².